The van der Waals surface area contributed by atoms with Gasteiger partial charge in [-0.2, -0.15) is 0 Å². The average molecular weight is 325 g/mol. The van der Waals surface area contributed by atoms with Gasteiger partial charge in [-0.15, -0.1) is 11.3 Å². The summed E-state index contributed by atoms with van der Waals surface area (Å²) in [6.45, 7) is 5.60. The number of hydrogen-bond acceptors (Lipinski definition) is 3. The maximum Gasteiger partial charge on any atom is 0.128 e. The van der Waals surface area contributed by atoms with Crippen LogP contribution in [0.2, 0.25) is 4.34 Å². The minimum atomic E-state index is -0.136. The van der Waals surface area contributed by atoms with Crippen molar-refractivity contribution in [3.05, 3.63) is 56.5 Å². The largest absolute Gasteiger partial charge is 0.314 e. The first-order valence-corrected chi connectivity index (χ1v) is 8.30. The topological polar surface area (TPSA) is 15.3 Å². The van der Waals surface area contributed by atoms with Gasteiger partial charge in [-0.25, -0.2) is 4.39 Å². The third kappa shape index (κ3) is 3.29. The summed E-state index contributed by atoms with van der Waals surface area (Å²) in [6.07, 6.45) is 0. The summed E-state index contributed by atoms with van der Waals surface area (Å²) in [6, 6.07) is 9.35. The van der Waals surface area contributed by atoms with Gasteiger partial charge in [0, 0.05) is 36.6 Å². The highest BCUT2D eigenvalue weighted by Crippen LogP contribution is 2.36. The van der Waals surface area contributed by atoms with Crippen molar-refractivity contribution in [2.24, 2.45) is 0 Å². The van der Waals surface area contributed by atoms with E-state index >= 15 is 0 Å². The number of benzene rings is 1. The molecule has 1 aromatic heterocycles. The van der Waals surface area contributed by atoms with Crippen LogP contribution in [0, 0.1) is 12.7 Å². The van der Waals surface area contributed by atoms with Crippen LogP contribution in [0.4, 0.5) is 4.39 Å². The van der Waals surface area contributed by atoms with Crippen LogP contribution >= 0.6 is 22.9 Å². The molecule has 21 heavy (non-hydrogen) atoms. The maximum atomic E-state index is 14.5. The first kappa shape index (κ1) is 15.0. The van der Waals surface area contributed by atoms with Crippen LogP contribution in [0.3, 0.4) is 0 Å². The Hall–Kier alpha value is -0.940. The smallest absolute Gasteiger partial charge is 0.128 e. The number of halogens is 2. The van der Waals surface area contributed by atoms with E-state index in [2.05, 4.69) is 10.2 Å². The van der Waals surface area contributed by atoms with Crippen LogP contribution in [-0.4, -0.2) is 31.1 Å². The summed E-state index contributed by atoms with van der Waals surface area (Å²) in [5.41, 5.74) is 1.68. The van der Waals surface area contributed by atoms with Gasteiger partial charge in [0.1, 0.15) is 5.82 Å². The standard InChI is InChI=1S/C16H18ClFN2S/c1-11-2-3-12(13(18)10-11)16(14-4-5-15(17)21-14)20-8-6-19-7-9-20/h2-5,10,16,19H,6-9H2,1H3/t16-/m1/s1. The molecule has 1 N–H and O–H groups in total. The Morgan fingerprint density at radius 3 is 2.62 bits per heavy atom. The molecule has 1 aliphatic heterocycles. The monoisotopic (exact) mass is 324 g/mol. The van der Waals surface area contributed by atoms with Crippen LogP contribution in [0.5, 0.6) is 0 Å². The van der Waals surface area contributed by atoms with Gasteiger partial charge in [0.05, 0.1) is 10.4 Å². The van der Waals surface area contributed by atoms with E-state index in [0.29, 0.717) is 0 Å². The minimum Gasteiger partial charge on any atom is -0.314 e. The maximum absolute atomic E-state index is 14.5. The van der Waals surface area contributed by atoms with E-state index in [1.165, 1.54) is 11.3 Å². The molecule has 1 aromatic carbocycles. The van der Waals surface area contributed by atoms with Crippen LogP contribution < -0.4 is 5.32 Å². The second kappa shape index (κ2) is 6.44. The van der Waals surface area contributed by atoms with Gasteiger partial charge >= 0.3 is 0 Å². The molecular formula is C16H18ClFN2S. The molecule has 0 radical (unpaired) electrons. The highest BCUT2D eigenvalue weighted by molar-refractivity contribution is 7.16. The van der Waals surface area contributed by atoms with Crippen LogP contribution in [0.25, 0.3) is 0 Å². The fourth-order valence-electron chi connectivity index (χ4n) is 2.80. The second-order valence-electron chi connectivity index (χ2n) is 5.36. The molecule has 1 atom stereocenters. The lowest BCUT2D eigenvalue weighted by Gasteiger charge is -2.35. The van der Waals surface area contributed by atoms with E-state index in [-0.39, 0.29) is 11.9 Å². The zero-order chi connectivity index (χ0) is 14.8. The van der Waals surface area contributed by atoms with Crippen molar-refractivity contribution in [1.82, 2.24) is 10.2 Å². The van der Waals surface area contributed by atoms with Crippen molar-refractivity contribution in [3.63, 3.8) is 0 Å². The van der Waals surface area contributed by atoms with Gasteiger partial charge in [-0.05, 0) is 30.7 Å². The van der Waals surface area contributed by atoms with E-state index in [1.54, 1.807) is 6.07 Å². The number of aryl methyl sites for hydroxylation is 1. The Balaban J connectivity index is 2.02. The molecule has 1 saturated heterocycles. The SMILES string of the molecule is Cc1ccc([C@H](c2ccc(Cl)s2)N2CCNCC2)c(F)c1. The van der Waals surface area contributed by atoms with Gasteiger partial charge in [-0.1, -0.05) is 23.7 Å². The average Bonchev–Trinajstić information content (AvgIpc) is 2.89. The van der Waals surface area contributed by atoms with Gasteiger partial charge in [0.2, 0.25) is 0 Å². The molecule has 1 aliphatic rings. The number of rotatable bonds is 3. The van der Waals surface area contributed by atoms with Crippen molar-refractivity contribution in [3.8, 4) is 0 Å². The molecule has 0 aliphatic carbocycles. The van der Waals surface area contributed by atoms with Gasteiger partial charge in [0.25, 0.3) is 0 Å². The van der Waals surface area contributed by atoms with E-state index < -0.39 is 0 Å². The van der Waals surface area contributed by atoms with E-state index in [4.69, 9.17) is 11.6 Å². The molecule has 2 aromatic rings. The van der Waals surface area contributed by atoms with E-state index in [0.717, 1.165) is 46.5 Å². The van der Waals surface area contributed by atoms with Crippen molar-refractivity contribution in [2.75, 3.05) is 26.2 Å². The zero-order valence-electron chi connectivity index (χ0n) is 11.9. The summed E-state index contributed by atoms with van der Waals surface area (Å²) >= 11 is 7.62. The molecule has 5 heteroatoms. The Morgan fingerprint density at radius 2 is 2.00 bits per heavy atom. The molecule has 0 spiro atoms. The molecule has 112 valence electrons. The number of hydrogen-bond donors (Lipinski definition) is 1. The lowest BCUT2D eigenvalue weighted by molar-refractivity contribution is 0.197. The van der Waals surface area contributed by atoms with E-state index in [9.17, 15) is 4.39 Å². The highest BCUT2D eigenvalue weighted by Gasteiger charge is 2.27. The number of piperazine rings is 1. The predicted molar refractivity (Wildman–Crippen MR) is 86.8 cm³/mol. The molecular weight excluding hydrogens is 307 g/mol. The third-order valence-corrected chi connectivity index (χ3v) is 5.11. The van der Waals surface area contributed by atoms with Crippen molar-refractivity contribution in [1.29, 1.82) is 0 Å². The summed E-state index contributed by atoms with van der Waals surface area (Å²) in [5.74, 6) is -0.136. The molecule has 2 heterocycles. The molecule has 1 fully saturated rings. The van der Waals surface area contributed by atoms with Gasteiger partial charge in [0.15, 0.2) is 0 Å². The summed E-state index contributed by atoms with van der Waals surface area (Å²) in [4.78, 5) is 3.43. The first-order chi connectivity index (χ1) is 10.1. The molecule has 2 nitrogen and oxygen atoms in total. The van der Waals surface area contributed by atoms with Crippen molar-refractivity contribution < 1.29 is 4.39 Å². The Kier molecular flexibility index (Phi) is 4.60. The van der Waals surface area contributed by atoms with Crippen LogP contribution in [0.15, 0.2) is 30.3 Å². The normalized spacial score (nSPS) is 17.9. The molecule has 0 bridgehead atoms. The number of thiophene rings is 1. The van der Waals surface area contributed by atoms with Crippen LogP contribution in [-0.2, 0) is 0 Å². The predicted octanol–water partition coefficient (Wildman–Crippen LogP) is 3.84. The number of nitrogens with zero attached hydrogens (tertiary/aromatic N) is 1. The highest BCUT2D eigenvalue weighted by atomic mass is 35.5. The number of nitrogens with one attached hydrogen (secondary N) is 1. The van der Waals surface area contributed by atoms with E-state index in [1.807, 2.05) is 31.2 Å². The Labute approximate surface area is 133 Å². The lowest BCUT2D eigenvalue weighted by atomic mass is 10.0. The first-order valence-electron chi connectivity index (χ1n) is 7.11. The van der Waals surface area contributed by atoms with Crippen molar-refractivity contribution in [2.45, 2.75) is 13.0 Å². The van der Waals surface area contributed by atoms with Gasteiger partial charge < -0.3 is 5.32 Å². The van der Waals surface area contributed by atoms with Crippen LogP contribution in [0.1, 0.15) is 22.0 Å². The Bertz CT molecular complexity index is 622. The summed E-state index contributed by atoms with van der Waals surface area (Å²) in [7, 11) is 0. The third-order valence-electron chi connectivity index (χ3n) is 3.83. The molecule has 3 rings (SSSR count). The minimum absolute atomic E-state index is 0.0507. The Morgan fingerprint density at radius 1 is 1.24 bits per heavy atom. The molecule has 0 saturated carbocycles. The lowest BCUT2D eigenvalue weighted by Crippen LogP contribution is -2.45. The van der Waals surface area contributed by atoms with Crippen molar-refractivity contribution >= 4 is 22.9 Å². The van der Waals surface area contributed by atoms with Gasteiger partial charge in [-0.3, -0.25) is 4.90 Å². The molecule has 0 unspecified atom stereocenters. The fraction of sp³-hybridized carbons (Fsp3) is 0.375. The molecule has 0 amide bonds. The zero-order valence-corrected chi connectivity index (χ0v) is 13.5. The fourth-order valence-corrected chi connectivity index (χ4v) is 4.01. The summed E-state index contributed by atoms with van der Waals surface area (Å²) in [5, 5.41) is 3.34. The second-order valence-corrected chi connectivity index (χ2v) is 7.10. The summed E-state index contributed by atoms with van der Waals surface area (Å²) < 4.78 is 15.2. The quantitative estimate of drug-likeness (QED) is 0.922.